The molecule has 2 aromatic carbocycles. The second kappa shape index (κ2) is 5.43. The Kier molecular flexibility index (Phi) is 3.49. The average molecular weight is 255 g/mol. The fourth-order valence-electron chi connectivity index (χ4n) is 2.41. The van der Waals surface area contributed by atoms with Crippen molar-refractivity contribution in [2.24, 2.45) is 0 Å². The van der Waals surface area contributed by atoms with Crippen LogP contribution in [0.25, 0.3) is 0 Å². The number of benzene rings is 2. The van der Waals surface area contributed by atoms with Crippen LogP contribution in [-0.2, 0) is 11.3 Å². The SMILES string of the molecule is Oc1cccc(C2CN(Cc3ccccc3)CO2)c1. The molecule has 0 saturated carbocycles. The monoisotopic (exact) mass is 255 g/mol. The third-order valence-electron chi connectivity index (χ3n) is 3.37. The van der Waals surface area contributed by atoms with Crippen molar-refractivity contribution in [1.29, 1.82) is 0 Å². The lowest BCUT2D eigenvalue weighted by Gasteiger charge is -2.13. The molecule has 0 bridgehead atoms. The zero-order valence-electron chi connectivity index (χ0n) is 10.7. The zero-order valence-corrected chi connectivity index (χ0v) is 10.7. The maximum absolute atomic E-state index is 9.51. The van der Waals surface area contributed by atoms with Crippen molar-refractivity contribution in [2.75, 3.05) is 13.3 Å². The quantitative estimate of drug-likeness (QED) is 0.915. The lowest BCUT2D eigenvalue weighted by molar-refractivity contribution is 0.0879. The molecule has 98 valence electrons. The minimum Gasteiger partial charge on any atom is -0.508 e. The molecule has 0 aliphatic carbocycles. The summed E-state index contributed by atoms with van der Waals surface area (Å²) in [7, 11) is 0. The molecule has 1 heterocycles. The fraction of sp³-hybridized carbons (Fsp3) is 0.250. The van der Waals surface area contributed by atoms with Gasteiger partial charge in [0.2, 0.25) is 0 Å². The summed E-state index contributed by atoms with van der Waals surface area (Å²) in [6, 6.07) is 17.7. The van der Waals surface area contributed by atoms with Crippen LogP contribution < -0.4 is 0 Å². The topological polar surface area (TPSA) is 32.7 Å². The second-order valence-corrected chi connectivity index (χ2v) is 4.88. The second-order valence-electron chi connectivity index (χ2n) is 4.88. The highest BCUT2D eigenvalue weighted by Gasteiger charge is 2.24. The third kappa shape index (κ3) is 2.95. The average Bonchev–Trinajstić information content (AvgIpc) is 2.88. The minimum atomic E-state index is 0.0517. The number of aromatic hydroxyl groups is 1. The van der Waals surface area contributed by atoms with Crippen molar-refractivity contribution in [3.8, 4) is 5.75 Å². The zero-order chi connectivity index (χ0) is 13.1. The summed E-state index contributed by atoms with van der Waals surface area (Å²) in [6.07, 6.45) is 0.0517. The lowest BCUT2D eigenvalue weighted by Crippen LogP contribution is -2.19. The van der Waals surface area contributed by atoms with Crippen LogP contribution in [0.2, 0.25) is 0 Å². The number of ether oxygens (including phenoxy) is 1. The highest BCUT2D eigenvalue weighted by Crippen LogP contribution is 2.27. The van der Waals surface area contributed by atoms with Crippen LogP contribution in [0.15, 0.2) is 54.6 Å². The van der Waals surface area contributed by atoms with Crippen LogP contribution in [0.1, 0.15) is 17.2 Å². The Morgan fingerprint density at radius 3 is 2.74 bits per heavy atom. The van der Waals surface area contributed by atoms with Crippen LogP contribution in [0.5, 0.6) is 5.75 Å². The van der Waals surface area contributed by atoms with Gasteiger partial charge in [0.25, 0.3) is 0 Å². The van der Waals surface area contributed by atoms with Gasteiger partial charge in [-0.05, 0) is 23.3 Å². The van der Waals surface area contributed by atoms with Crippen LogP contribution in [-0.4, -0.2) is 23.3 Å². The lowest BCUT2D eigenvalue weighted by atomic mass is 10.1. The van der Waals surface area contributed by atoms with Gasteiger partial charge in [0, 0.05) is 13.1 Å². The molecule has 0 radical (unpaired) electrons. The molecule has 0 aromatic heterocycles. The number of hydrogen-bond donors (Lipinski definition) is 1. The molecular weight excluding hydrogens is 238 g/mol. The summed E-state index contributed by atoms with van der Waals surface area (Å²) >= 11 is 0. The van der Waals surface area contributed by atoms with Crippen molar-refractivity contribution < 1.29 is 9.84 Å². The summed E-state index contributed by atoms with van der Waals surface area (Å²) < 4.78 is 5.79. The van der Waals surface area contributed by atoms with Gasteiger partial charge in [0.05, 0.1) is 6.10 Å². The van der Waals surface area contributed by atoms with Gasteiger partial charge in [0.15, 0.2) is 0 Å². The van der Waals surface area contributed by atoms with E-state index in [1.54, 1.807) is 12.1 Å². The first-order valence-corrected chi connectivity index (χ1v) is 6.48. The molecule has 3 heteroatoms. The van der Waals surface area contributed by atoms with Gasteiger partial charge >= 0.3 is 0 Å². The van der Waals surface area contributed by atoms with E-state index in [1.165, 1.54) is 5.56 Å². The number of nitrogens with zero attached hydrogens (tertiary/aromatic N) is 1. The van der Waals surface area contributed by atoms with Crippen LogP contribution >= 0.6 is 0 Å². The summed E-state index contributed by atoms with van der Waals surface area (Å²) in [5, 5.41) is 9.51. The first-order chi connectivity index (χ1) is 9.31. The van der Waals surface area contributed by atoms with Crippen molar-refractivity contribution >= 4 is 0 Å². The Balaban J connectivity index is 1.64. The van der Waals surface area contributed by atoms with E-state index >= 15 is 0 Å². The fourth-order valence-corrected chi connectivity index (χ4v) is 2.41. The first-order valence-electron chi connectivity index (χ1n) is 6.48. The van der Waals surface area contributed by atoms with Gasteiger partial charge in [-0.2, -0.15) is 0 Å². The van der Waals surface area contributed by atoms with Crippen LogP contribution in [0.3, 0.4) is 0 Å². The van der Waals surface area contributed by atoms with Gasteiger partial charge < -0.3 is 9.84 Å². The molecule has 0 spiro atoms. The molecule has 1 N–H and O–H groups in total. The molecule has 2 aromatic rings. The highest BCUT2D eigenvalue weighted by molar-refractivity contribution is 5.29. The Morgan fingerprint density at radius 2 is 1.95 bits per heavy atom. The van der Waals surface area contributed by atoms with Gasteiger partial charge in [-0.3, -0.25) is 4.90 Å². The van der Waals surface area contributed by atoms with Crippen molar-refractivity contribution in [1.82, 2.24) is 4.90 Å². The van der Waals surface area contributed by atoms with E-state index < -0.39 is 0 Å². The maximum Gasteiger partial charge on any atom is 0.115 e. The van der Waals surface area contributed by atoms with E-state index in [4.69, 9.17) is 4.74 Å². The Bertz CT molecular complexity index is 541. The van der Waals surface area contributed by atoms with E-state index in [0.29, 0.717) is 12.5 Å². The molecule has 0 amide bonds. The molecular formula is C16H17NO2. The normalized spacial score (nSPS) is 19.7. The van der Waals surface area contributed by atoms with E-state index in [9.17, 15) is 5.11 Å². The summed E-state index contributed by atoms with van der Waals surface area (Å²) in [5.74, 6) is 0.294. The van der Waals surface area contributed by atoms with Crippen LogP contribution in [0.4, 0.5) is 0 Å². The van der Waals surface area contributed by atoms with E-state index in [-0.39, 0.29) is 6.10 Å². The molecule has 1 unspecified atom stereocenters. The summed E-state index contributed by atoms with van der Waals surface area (Å²) in [6.45, 7) is 2.39. The molecule has 3 nitrogen and oxygen atoms in total. The standard InChI is InChI=1S/C16H17NO2/c18-15-8-4-7-14(9-15)16-11-17(12-19-16)10-13-5-2-1-3-6-13/h1-9,16,18H,10-12H2. The van der Waals surface area contributed by atoms with Gasteiger partial charge in [-0.25, -0.2) is 0 Å². The summed E-state index contributed by atoms with van der Waals surface area (Å²) in [5.41, 5.74) is 2.33. The maximum atomic E-state index is 9.51. The Morgan fingerprint density at radius 1 is 1.11 bits per heavy atom. The van der Waals surface area contributed by atoms with Gasteiger partial charge in [-0.15, -0.1) is 0 Å². The smallest absolute Gasteiger partial charge is 0.115 e. The molecule has 1 aliphatic rings. The molecule has 1 aliphatic heterocycles. The van der Waals surface area contributed by atoms with Crippen molar-refractivity contribution in [2.45, 2.75) is 12.6 Å². The van der Waals surface area contributed by atoms with E-state index in [2.05, 4.69) is 29.2 Å². The van der Waals surface area contributed by atoms with Gasteiger partial charge in [-0.1, -0.05) is 42.5 Å². The van der Waals surface area contributed by atoms with Gasteiger partial charge in [0.1, 0.15) is 12.5 Å². The van der Waals surface area contributed by atoms with E-state index in [0.717, 1.165) is 18.7 Å². The summed E-state index contributed by atoms with van der Waals surface area (Å²) in [4.78, 5) is 2.27. The third-order valence-corrected chi connectivity index (χ3v) is 3.37. The predicted molar refractivity (Wildman–Crippen MR) is 73.7 cm³/mol. The Labute approximate surface area is 113 Å². The predicted octanol–water partition coefficient (Wildman–Crippen LogP) is 2.92. The molecule has 19 heavy (non-hydrogen) atoms. The molecule has 1 atom stereocenters. The number of rotatable bonds is 3. The Hall–Kier alpha value is -1.84. The number of phenolic OH excluding ortho intramolecular Hbond substituents is 1. The van der Waals surface area contributed by atoms with Crippen LogP contribution in [0, 0.1) is 0 Å². The number of phenols is 1. The molecule has 1 fully saturated rings. The highest BCUT2D eigenvalue weighted by atomic mass is 16.5. The first kappa shape index (κ1) is 12.2. The van der Waals surface area contributed by atoms with E-state index in [1.807, 2.05) is 18.2 Å². The largest absolute Gasteiger partial charge is 0.508 e. The molecule has 3 rings (SSSR count). The van der Waals surface area contributed by atoms with Crippen molar-refractivity contribution in [3.05, 3.63) is 65.7 Å². The number of hydrogen-bond acceptors (Lipinski definition) is 3. The minimum absolute atomic E-state index is 0.0517. The van der Waals surface area contributed by atoms with Crippen molar-refractivity contribution in [3.63, 3.8) is 0 Å². The molecule has 1 saturated heterocycles.